The lowest BCUT2D eigenvalue weighted by atomic mass is 10.0. The molecule has 5 rings (SSSR count). The van der Waals surface area contributed by atoms with Gasteiger partial charge in [-0.05, 0) is 36.1 Å². The van der Waals surface area contributed by atoms with E-state index in [-0.39, 0.29) is 25.6 Å². The SMILES string of the molecule is CO[C@@H](C(=O)c1cc(-c2cccc(C)c2)c(CCCOC[C@@H](CO)OCc2ccccc2)o1)C(=O)N1C(=O)OC[C@@H]1c1ccccc1. The third-order valence-electron chi connectivity index (χ3n) is 7.90. The van der Waals surface area contributed by atoms with Crippen LogP contribution in [0.15, 0.2) is 95.4 Å². The highest BCUT2D eigenvalue weighted by molar-refractivity contribution is 6.14. The van der Waals surface area contributed by atoms with Crippen LogP contribution in [0.1, 0.15) is 45.5 Å². The first-order valence-electron chi connectivity index (χ1n) is 15.5. The van der Waals surface area contributed by atoms with Gasteiger partial charge in [0.2, 0.25) is 11.9 Å². The summed E-state index contributed by atoms with van der Waals surface area (Å²) in [5, 5.41) is 9.72. The molecular formula is C37H39NO9. The number of ether oxygens (including phenoxy) is 4. The zero-order chi connectivity index (χ0) is 33.2. The summed E-state index contributed by atoms with van der Waals surface area (Å²) in [5.74, 6) is -1.05. The van der Waals surface area contributed by atoms with E-state index < -0.39 is 36.0 Å². The highest BCUT2D eigenvalue weighted by Crippen LogP contribution is 2.32. The number of amides is 2. The minimum atomic E-state index is -1.62. The van der Waals surface area contributed by atoms with Gasteiger partial charge in [0.1, 0.15) is 24.5 Å². The van der Waals surface area contributed by atoms with E-state index in [0.717, 1.165) is 21.6 Å². The van der Waals surface area contributed by atoms with Gasteiger partial charge in [0.05, 0.1) is 19.8 Å². The predicted molar refractivity (Wildman–Crippen MR) is 173 cm³/mol. The van der Waals surface area contributed by atoms with Gasteiger partial charge in [0.25, 0.3) is 5.91 Å². The Morgan fingerprint density at radius 2 is 1.74 bits per heavy atom. The number of aliphatic hydroxyl groups excluding tert-OH is 1. The number of aliphatic hydroxyl groups is 1. The van der Waals surface area contributed by atoms with Crippen molar-refractivity contribution in [3.63, 3.8) is 0 Å². The van der Waals surface area contributed by atoms with Crippen LogP contribution < -0.4 is 0 Å². The number of rotatable bonds is 16. The molecule has 1 aliphatic heterocycles. The zero-order valence-corrected chi connectivity index (χ0v) is 26.5. The largest absolute Gasteiger partial charge is 0.457 e. The van der Waals surface area contributed by atoms with E-state index in [4.69, 9.17) is 23.4 Å². The van der Waals surface area contributed by atoms with E-state index in [1.807, 2.05) is 67.6 Å². The fourth-order valence-corrected chi connectivity index (χ4v) is 5.45. The Morgan fingerprint density at radius 3 is 2.45 bits per heavy atom. The second kappa shape index (κ2) is 16.3. The van der Waals surface area contributed by atoms with Gasteiger partial charge in [0.15, 0.2) is 5.76 Å². The van der Waals surface area contributed by atoms with Crippen LogP contribution in [0.5, 0.6) is 0 Å². The first-order valence-corrected chi connectivity index (χ1v) is 15.5. The number of benzene rings is 3. The number of methoxy groups -OCH3 is 1. The Morgan fingerprint density at radius 1 is 1.00 bits per heavy atom. The first kappa shape index (κ1) is 33.7. The molecule has 0 unspecified atom stereocenters. The molecule has 0 spiro atoms. The van der Waals surface area contributed by atoms with Gasteiger partial charge in [-0.1, -0.05) is 90.5 Å². The molecule has 10 nitrogen and oxygen atoms in total. The molecule has 246 valence electrons. The molecule has 47 heavy (non-hydrogen) atoms. The van der Waals surface area contributed by atoms with Crippen LogP contribution >= 0.6 is 0 Å². The Hall–Kier alpha value is -4.61. The summed E-state index contributed by atoms with van der Waals surface area (Å²) in [7, 11) is 1.24. The zero-order valence-electron chi connectivity index (χ0n) is 26.5. The van der Waals surface area contributed by atoms with E-state index in [9.17, 15) is 19.5 Å². The maximum atomic E-state index is 13.8. The van der Waals surface area contributed by atoms with Crippen molar-refractivity contribution in [2.75, 3.05) is 33.5 Å². The van der Waals surface area contributed by atoms with Crippen LogP contribution in [0, 0.1) is 6.92 Å². The first-order chi connectivity index (χ1) is 22.9. The van der Waals surface area contributed by atoms with Crippen molar-refractivity contribution in [3.8, 4) is 11.1 Å². The van der Waals surface area contributed by atoms with Crippen LogP contribution in [-0.2, 0) is 36.8 Å². The average molecular weight is 642 g/mol. The Balaban J connectivity index is 1.27. The molecule has 1 N–H and O–H groups in total. The lowest BCUT2D eigenvalue weighted by molar-refractivity contribution is -0.137. The van der Waals surface area contributed by atoms with Gasteiger partial charge in [-0.15, -0.1) is 0 Å². The Kier molecular flexibility index (Phi) is 11.7. The number of carbonyl (C=O) groups excluding carboxylic acids is 3. The molecule has 1 aliphatic rings. The molecule has 3 aromatic carbocycles. The third-order valence-corrected chi connectivity index (χ3v) is 7.90. The fraction of sp³-hybridized carbons (Fsp3) is 0.324. The molecule has 4 aromatic rings. The minimum absolute atomic E-state index is 0.0259. The molecule has 0 aliphatic carbocycles. The second-order valence-corrected chi connectivity index (χ2v) is 11.3. The Labute approximate surface area is 273 Å². The fourth-order valence-electron chi connectivity index (χ4n) is 5.45. The summed E-state index contributed by atoms with van der Waals surface area (Å²) in [4.78, 5) is 41.0. The van der Waals surface area contributed by atoms with Crippen molar-refractivity contribution in [1.29, 1.82) is 0 Å². The molecule has 0 radical (unpaired) electrons. The average Bonchev–Trinajstić information content (AvgIpc) is 3.71. The standard InChI is InChI=1S/C37H39NO9/c1-25-11-9-16-28(19-25)30-20-33(47-32(30)17-10-18-44-23-29(21-39)45-22-26-12-5-3-6-13-26)34(40)35(43-2)36(41)38-31(24-46-37(38)42)27-14-7-4-8-15-27/h3-9,11-16,19-20,29,31,35,39H,10,17-18,21-24H2,1-2H3/t29-,31-,35+/m1/s1. The molecule has 10 heteroatoms. The number of aryl methyl sites for hydroxylation is 2. The van der Waals surface area contributed by atoms with Crippen molar-refractivity contribution in [3.05, 3.63) is 119 Å². The topological polar surface area (TPSA) is 125 Å². The molecule has 2 amide bonds. The molecule has 1 saturated heterocycles. The maximum Gasteiger partial charge on any atom is 0.417 e. The van der Waals surface area contributed by atoms with Crippen molar-refractivity contribution in [2.24, 2.45) is 0 Å². The van der Waals surface area contributed by atoms with Crippen molar-refractivity contribution in [2.45, 2.75) is 44.6 Å². The number of cyclic esters (lactones) is 1. The molecule has 0 bridgehead atoms. The van der Waals surface area contributed by atoms with E-state index in [0.29, 0.717) is 42.9 Å². The van der Waals surface area contributed by atoms with Gasteiger partial charge in [-0.25, -0.2) is 9.69 Å². The van der Waals surface area contributed by atoms with E-state index in [2.05, 4.69) is 0 Å². The highest BCUT2D eigenvalue weighted by Gasteiger charge is 2.44. The van der Waals surface area contributed by atoms with E-state index in [1.54, 1.807) is 30.3 Å². The molecule has 0 saturated carbocycles. The lowest BCUT2D eigenvalue weighted by Crippen LogP contribution is -2.45. The normalized spacial score (nSPS) is 15.8. The van der Waals surface area contributed by atoms with Crippen LogP contribution in [-0.4, -0.2) is 73.5 Å². The van der Waals surface area contributed by atoms with Crippen LogP contribution in [0.3, 0.4) is 0 Å². The molecule has 1 aromatic heterocycles. The van der Waals surface area contributed by atoms with Crippen LogP contribution in [0.4, 0.5) is 4.79 Å². The second-order valence-electron chi connectivity index (χ2n) is 11.3. The number of carbonyl (C=O) groups is 3. The van der Waals surface area contributed by atoms with Gasteiger partial charge in [-0.2, -0.15) is 0 Å². The molecular weight excluding hydrogens is 602 g/mol. The summed E-state index contributed by atoms with van der Waals surface area (Å²) in [6, 6.07) is 27.4. The van der Waals surface area contributed by atoms with Crippen molar-refractivity contribution in [1.82, 2.24) is 4.90 Å². The Bertz CT molecular complexity index is 1640. The van der Waals surface area contributed by atoms with E-state index >= 15 is 0 Å². The predicted octanol–water partition coefficient (Wildman–Crippen LogP) is 5.70. The molecule has 1 fully saturated rings. The van der Waals surface area contributed by atoms with Crippen molar-refractivity contribution < 1.29 is 42.9 Å². The summed E-state index contributed by atoms with van der Waals surface area (Å²) < 4.78 is 28.3. The number of imide groups is 1. The minimum Gasteiger partial charge on any atom is -0.457 e. The third kappa shape index (κ3) is 8.41. The summed E-state index contributed by atoms with van der Waals surface area (Å²) in [6.45, 7) is 2.72. The van der Waals surface area contributed by atoms with Gasteiger partial charge >= 0.3 is 6.09 Å². The molecule has 2 heterocycles. The van der Waals surface area contributed by atoms with Gasteiger partial charge in [0, 0.05) is 25.7 Å². The quantitative estimate of drug-likeness (QED) is 0.0932. The number of furan rings is 1. The maximum absolute atomic E-state index is 13.8. The summed E-state index contributed by atoms with van der Waals surface area (Å²) in [5.41, 5.74) is 4.30. The van der Waals surface area contributed by atoms with E-state index in [1.165, 1.54) is 7.11 Å². The van der Waals surface area contributed by atoms with Crippen LogP contribution in [0.25, 0.3) is 11.1 Å². The summed E-state index contributed by atoms with van der Waals surface area (Å²) in [6.07, 6.45) is -1.93. The number of hydrogen-bond acceptors (Lipinski definition) is 9. The smallest absolute Gasteiger partial charge is 0.417 e. The monoisotopic (exact) mass is 641 g/mol. The molecule has 3 atom stereocenters. The van der Waals surface area contributed by atoms with Crippen molar-refractivity contribution >= 4 is 17.8 Å². The lowest BCUT2D eigenvalue weighted by Gasteiger charge is -2.23. The number of Topliss-reactive ketones (excluding diaryl/α,β-unsaturated/α-hetero) is 1. The number of nitrogens with zero attached hydrogens (tertiary/aromatic N) is 1. The number of hydrogen-bond donors (Lipinski definition) is 1. The summed E-state index contributed by atoms with van der Waals surface area (Å²) >= 11 is 0. The van der Waals surface area contributed by atoms with Gasteiger partial charge in [-0.3, -0.25) is 9.59 Å². The van der Waals surface area contributed by atoms with Crippen LogP contribution in [0.2, 0.25) is 0 Å². The highest BCUT2D eigenvalue weighted by atomic mass is 16.6. The van der Waals surface area contributed by atoms with Gasteiger partial charge < -0.3 is 28.5 Å². The number of ketones is 1.